The number of carboxylic acids is 1. The number of hydrogen-bond donors (Lipinski definition) is 1. The van der Waals surface area contributed by atoms with Gasteiger partial charge < -0.3 is 24.3 Å². The Bertz CT molecular complexity index is 712. The third-order valence-corrected chi connectivity index (χ3v) is 3.80. The van der Waals surface area contributed by atoms with Crippen LogP contribution in [0.3, 0.4) is 0 Å². The molecule has 124 valence electrons. The van der Waals surface area contributed by atoms with E-state index in [4.69, 9.17) is 19.1 Å². The zero-order valence-corrected chi connectivity index (χ0v) is 12.6. The van der Waals surface area contributed by atoms with E-state index < -0.39 is 24.5 Å². The first-order chi connectivity index (χ1) is 11.7. The van der Waals surface area contributed by atoms with Crippen LogP contribution in [0.4, 0.5) is 0 Å². The van der Waals surface area contributed by atoms with Crippen molar-refractivity contribution in [3.05, 3.63) is 60.2 Å². The lowest BCUT2D eigenvalue weighted by Gasteiger charge is -2.18. The fourth-order valence-electron chi connectivity index (χ4n) is 2.67. The van der Waals surface area contributed by atoms with Crippen molar-refractivity contribution in [2.75, 3.05) is 6.54 Å². The summed E-state index contributed by atoms with van der Waals surface area (Å²) in [5.41, 5.74) is 0.762. The molecule has 2 heterocycles. The topological polar surface area (TPSA) is 77.5 Å². The number of aliphatic carboxylic acids is 1. The summed E-state index contributed by atoms with van der Waals surface area (Å²) >= 11 is 0. The molecule has 4 rings (SSSR count). The molecule has 1 saturated heterocycles. The standard InChI is InChI=1S/C17H15NO6/c19-16(20)15-14(21-17(22-15)11-6-2-1-3-7-11)10-18-23-12-8-4-5-9-13(12)24-18/h1-9,14-15,17H,10H2,(H,19,20). The van der Waals surface area contributed by atoms with Crippen LogP contribution in [0.1, 0.15) is 11.9 Å². The van der Waals surface area contributed by atoms with Gasteiger partial charge in [0.2, 0.25) is 0 Å². The zero-order chi connectivity index (χ0) is 16.5. The summed E-state index contributed by atoms with van der Waals surface area (Å²) in [6, 6.07) is 16.4. The van der Waals surface area contributed by atoms with E-state index in [1.165, 1.54) is 5.23 Å². The molecule has 0 amide bonds. The molecule has 0 saturated carbocycles. The molecular formula is C17H15NO6. The van der Waals surface area contributed by atoms with E-state index in [1.54, 1.807) is 12.1 Å². The number of nitrogens with zero attached hydrogens (tertiary/aromatic N) is 1. The second-order valence-corrected chi connectivity index (χ2v) is 5.46. The molecule has 0 radical (unpaired) electrons. The molecular weight excluding hydrogens is 314 g/mol. The van der Waals surface area contributed by atoms with E-state index in [-0.39, 0.29) is 6.54 Å². The van der Waals surface area contributed by atoms with Crippen molar-refractivity contribution >= 4 is 5.97 Å². The highest BCUT2D eigenvalue weighted by atomic mass is 17.0. The summed E-state index contributed by atoms with van der Waals surface area (Å²) in [7, 11) is 0. The molecule has 7 nitrogen and oxygen atoms in total. The van der Waals surface area contributed by atoms with Crippen LogP contribution in [0.2, 0.25) is 0 Å². The predicted molar refractivity (Wildman–Crippen MR) is 81.0 cm³/mol. The first-order valence-electron chi connectivity index (χ1n) is 7.52. The highest BCUT2D eigenvalue weighted by molar-refractivity contribution is 5.73. The van der Waals surface area contributed by atoms with Crippen LogP contribution >= 0.6 is 0 Å². The molecule has 0 aromatic heterocycles. The lowest BCUT2D eigenvalue weighted by Crippen LogP contribution is -2.42. The van der Waals surface area contributed by atoms with Gasteiger partial charge in [0.1, 0.15) is 12.6 Å². The molecule has 3 unspecified atom stereocenters. The van der Waals surface area contributed by atoms with Gasteiger partial charge in [0.25, 0.3) is 0 Å². The minimum Gasteiger partial charge on any atom is -0.479 e. The van der Waals surface area contributed by atoms with Crippen LogP contribution in [0.15, 0.2) is 54.6 Å². The Morgan fingerprint density at radius 1 is 0.958 bits per heavy atom. The molecule has 3 atom stereocenters. The second-order valence-electron chi connectivity index (χ2n) is 5.46. The number of hydroxylamine groups is 2. The van der Waals surface area contributed by atoms with Gasteiger partial charge in [0.05, 0.1) is 0 Å². The Kier molecular flexibility index (Phi) is 3.81. The molecule has 0 spiro atoms. The Balaban J connectivity index is 1.47. The Hall–Kier alpha value is -2.61. The summed E-state index contributed by atoms with van der Waals surface area (Å²) in [5.74, 6) is 0.0564. The molecule has 2 aromatic carbocycles. The Morgan fingerprint density at radius 2 is 1.58 bits per heavy atom. The largest absolute Gasteiger partial charge is 0.479 e. The average molecular weight is 329 g/mol. The first kappa shape index (κ1) is 14.9. The Labute approximate surface area is 137 Å². The van der Waals surface area contributed by atoms with Crippen molar-refractivity contribution in [3.63, 3.8) is 0 Å². The summed E-state index contributed by atoms with van der Waals surface area (Å²) < 4.78 is 11.3. The molecule has 2 aromatic rings. The number of ether oxygens (including phenoxy) is 2. The van der Waals surface area contributed by atoms with Gasteiger partial charge in [-0.25, -0.2) is 4.79 Å². The van der Waals surface area contributed by atoms with Gasteiger partial charge in [-0.05, 0) is 12.1 Å². The molecule has 7 heteroatoms. The van der Waals surface area contributed by atoms with E-state index in [0.717, 1.165) is 5.56 Å². The van der Waals surface area contributed by atoms with Crippen molar-refractivity contribution in [1.29, 1.82) is 0 Å². The van der Waals surface area contributed by atoms with Gasteiger partial charge in [-0.2, -0.15) is 0 Å². The number of carbonyl (C=O) groups is 1. The third-order valence-electron chi connectivity index (χ3n) is 3.80. The Morgan fingerprint density at radius 3 is 2.21 bits per heavy atom. The summed E-state index contributed by atoms with van der Waals surface area (Å²) in [6.45, 7) is 0.0922. The monoisotopic (exact) mass is 329 g/mol. The van der Waals surface area contributed by atoms with Gasteiger partial charge in [-0.15, -0.1) is 0 Å². The van der Waals surface area contributed by atoms with Crippen molar-refractivity contribution < 1.29 is 29.0 Å². The lowest BCUT2D eigenvalue weighted by atomic mass is 10.2. The maximum absolute atomic E-state index is 11.5. The SMILES string of the molecule is O=C(O)C1OC(c2ccccc2)OC1CN1Oc2ccccc2O1. The normalized spacial score (nSPS) is 25.8. The quantitative estimate of drug-likeness (QED) is 0.921. The van der Waals surface area contributed by atoms with E-state index in [0.29, 0.717) is 11.5 Å². The molecule has 1 N–H and O–H groups in total. The van der Waals surface area contributed by atoms with Crippen LogP contribution in [0, 0.1) is 0 Å². The number of carboxylic acid groups (broad SMARTS) is 1. The van der Waals surface area contributed by atoms with Gasteiger partial charge in [-0.1, -0.05) is 42.5 Å². The number of para-hydroxylation sites is 2. The fraction of sp³-hybridized carbons (Fsp3) is 0.235. The van der Waals surface area contributed by atoms with Gasteiger partial charge >= 0.3 is 5.97 Å². The number of benzene rings is 2. The summed E-state index contributed by atoms with van der Waals surface area (Å²) in [4.78, 5) is 22.5. The van der Waals surface area contributed by atoms with Crippen molar-refractivity contribution in [2.24, 2.45) is 0 Å². The van der Waals surface area contributed by atoms with E-state index in [2.05, 4.69) is 0 Å². The summed E-state index contributed by atoms with van der Waals surface area (Å²) in [5, 5.41) is 10.6. The predicted octanol–water partition coefficient (Wildman–Crippen LogP) is 2.16. The maximum Gasteiger partial charge on any atom is 0.335 e. The third kappa shape index (κ3) is 2.80. The van der Waals surface area contributed by atoms with Crippen molar-refractivity contribution in [1.82, 2.24) is 5.23 Å². The van der Waals surface area contributed by atoms with Crippen LogP contribution in [0.25, 0.3) is 0 Å². The van der Waals surface area contributed by atoms with Crippen LogP contribution in [-0.4, -0.2) is 35.1 Å². The van der Waals surface area contributed by atoms with E-state index in [9.17, 15) is 9.90 Å². The minimum atomic E-state index is -1.11. The van der Waals surface area contributed by atoms with Crippen molar-refractivity contribution in [3.8, 4) is 11.5 Å². The lowest BCUT2D eigenvalue weighted by molar-refractivity contribution is -0.240. The second kappa shape index (κ2) is 6.12. The maximum atomic E-state index is 11.5. The smallest absolute Gasteiger partial charge is 0.335 e. The van der Waals surface area contributed by atoms with Crippen LogP contribution < -0.4 is 9.68 Å². The zero-order valence-electron chi connectivity index (χ0n) is 12.6. The fourth-order valence-corrected chi connectivity index (χ4v) is 2.67. The molecule has 24 heavy (non-hydrogen) atoms. The minimum absolute atomic E-state index is 0.0922. The van der Waals surface area contributed by atoms with Crippen molar-refractivity contribution in [2.45, 2.75) is 18.5 Å². The molecule has 0 aliphatic carbocycles. The van der Waals surface area contributed by atoms with Crippen LogP contribution in [0.5, 0.6) is 11.5 Å². The van der Waals surface area contributed by atoms with Crippen LogP contribution in [-0.2, 0) is 14.3 Å². The average Bonchev–Trinajstić information content (AvgIpc) is 3.19. The highest BCUT2D eigenvalue weighted by Gasteiger charge is 2.44. The van der Waals surface area contributed by atoms with Gasteiger partial charge in [0, 0.05) is 10.8 Å². The molecule has 2 aliphatic heterocycles. The highest BCUT2D eigenvalue weighted by Crippen LogP contribution is 2.36. The number of fused-ring (bicyclic) bond motifs is 1. The molecule has 0 bridgehead atoms. The molecule has 2 aliphatic rings. The van der Waals surface area contributed by atoms with E-state index >= 15 is 0 Å². The molecule has 1 fully saturated rings. The van der Waals surface area contributed by atoms with Gasteiger partial charge in [-0.3, -0.25) is 0 Å². The van der Waals surface area contributed by atoms with E-state index in [1.807, 2.05) is 42.5 Å². The number of rotatable bonds is 4. The number of hydrogen-bond acceptors (Lipinski definition) is 6. The van der Waals surface area contributed by atoms with Gasteiger partial charge in [0.15, 0.2) is 23.9 Å². The summed E-state index contributed by atoms with van der Waals surface area (Å²) in [6.07, 6.45) is -2.57. The first-order valence-corrected chi connectivity index (χ1v) is 7.52.